The molecule has 3 unspecified atom stereocenters. The van der Waals surface area contributed by atoms with E-state index in [4.69, 9.17) is 0 Å². The Morgan fingerprint density at radius 2 is 2.06 bits per heavy atom. The van der Waals surface area contributed by atoms with Gasteiger partial charge in [-0.15, -0.1) is 0 Å². The summed E-state index contributed by atoms with van der Waals surface area (Å²) in [5.41, 5.74) is 0. The minimum absolute atomic E-state index is 0.741. The van der Waals surface area contributed by atoms with Gasteiger partial charge in [-0.25, -0.2) is 0 Å². The zero-order valence-electron chi connectivity index (χ0n) is 12.4. The van der Waals surface area contributed by atoms with Crippen molar-refractivity contribution in [2.75, 3.05) is 46.8 Å². The van der Waals surface area contributed by atoms with Gasteiger partial charge < -0.3 is 15.1 Å². The molecule has 1 fully saturated rings. The average molecular weight is 241 g/mol. The average Bonchev–Trinajstić information content (AvgIpc) is 2.60. The lowest BCUT2D eigenvalue weighted by Crippen LogP contribution is -2.36. The SMILES string of the molecule is CCCNCC(C)CN1CC(C)C(N(C)C)C1. The highest BCUT2D eigenvalue weighted by Gasteiger charge is 2.31. The molecule has 0 aromatic heterocycles. The van der Waals surface area contributed by atoms with Crippen LogP contribution in [0.15, 0.2) is 0 Å². The van der Waals surface area contributed by atoms with Gasteiger partial charge in [0, 0.05) is 25.7 Å². The number of likely N-dealkylation sites (N-methyl/N-ethyl adjacent to an activating group) is 1. The molecule has 0 bridgehead atoms. The highest BCUT2D eigenvalue weighted by molar-refractivity contribution is 4.87. The normalized spacial score (nSPS) is 27.9. The molecule has 0 spiro atoms. The number of likely N-dealkylation sites (tertiary alicyclic amines) is 1. The lowest BCUT2D eigenvalue weighted by molar-refractivity contribution is 0.239. The van der Waals surface area contributed by atoms with Crippen molar-refractivity contribution in [1.82, 2.24) is 15.1 Å². The van der Waals surface area contributed by atoms with Crippen molar-refractivity contribution < 1.29 is 0 Å². The number of nitrogens with zero attached hydrogens (tertiary/aromatic N) is 2. The molecule has 0 aliphatic carbocycles. The molecule has 3 nitrogen and oxygen atoms in total. The summed E-state index contributed by atoms with van der Waals surface area (Å²) < 4.78 is 0. The number of rotatable bonds is 7. The monoisotopic (exact) mass is 241 g/mol. The zero-order valence-corrected chi connectivity index (χ0v) is 12.4. The van der Waals surface area contributed by atoms with Gasteiger partial charge in [-0.05, 0) is 45.4 Å². The maximum atomic E-state index is 3.52. The summed E-state index contributed by atoms with van der Waals surface area (Å²) in [6.45, 7) is 13.0. The molecule has 1 rings (SSSR count). The fourth-order valence-corrected chi connectivity index (χ4v) is 2.90. The molecule has 0 radical (unpaired) electrons. The predicted octanol–water partition coefficient (Wildman–Crippen LogP) is 1.50. The van der Waals surface area contributed by atoms with Crippen LogP contribution < -0.4 is 5.32 Å². The summed E-state index contributed by atoms with van der Waals surface area (Å²) in [5, 5.41) is 3.52. The van der Waals surface area contributed by atoms with Crippen molar-refractivity contribution in [3.05, 3.63) is 0 Å². The maximum absolute atomic E-state index is 3.52. The first kappa shape index (κ1) is 14.9. The number of hydrogen-bond acceptors (Lipinski definition) is 3. The van der Waals surface area contributed by atoms with Crippen LogP contribution >= 0.6 is 0 Å². The van der Waals surface area contributed by atoms with Crippen LogP contribution in [0.2, 0.25) is 0 Å². The Labute approximate surface area is 108 Å². The van der Waals surface area contributed by atoms with Crippen LogP contribution in [0.5, 0.6) is 0 Å². The van der Waals surface area contributed by atoms with Crippen molar-refractivity contribution in [2.24, 2.45) is 11.8 Å². The summed E-state index contributed by atoms with van der Waals surface area (Å²) in [6.07, 6.45) is 1.23. The molecule has 1 heterocycles. The van der Waals surface area contributed by atoms with Gasteiger partial charge in [-0.3, -0.25) is 0 Å². The second-order valence-electron chi connectivity index (χ2n) is 6.04. The van der Waals surface area contributed by atoms with E-state index in [1.807, 2.05) is 0 Å². The summed E-state index contributed by atoms with van der Waals surface area (Å²) >= 11 is 0. The molecule has 3 atom stereocenters. The Kier molecular flexibility index (Phi) is 6.45. The van der Waals surface area contributed by atoms with Crippen LogP contribution in [-0.2, 0) is 0 Å². The van der Waals surface area contributed by atoms with E-state index in [1.54, 1.807) is 0 Å². The van der Waals surface area contributed by atoms with Crippen LogP contribution in [0.25, 0.3) is 0 Å². The van der Waals surface area contributed by atoms with Crippen LogP contribution in [0.4, 0.5) is 0 Å². The minimum Gasteiger partial charge on any atom is -0.316 e. The third kappa shape index (κ3) is 4.94. The molecule has 102 valence electrons. The van der Waals surface area contributed by atoms with Crippen LogP contribution in [-0.4, -0.2) is 62.7 Å². The number of nitrogens with one attached hydrogen (secondary N) is 1. The van der Waals surface area contributed by atoms with Crippen molar-refractivity contribution in [3.8, 4) is 0 Å². The van der Waals surface area contributed by atoms with Crippen molar-refractivity contribution in [1.29, 1.82) is 0 Å². The highest BCUT2D eigenvalue weighted by Crippen LogP contribution is 2.20. The van der Waals surface area contributed by atoms with Gasteiger partial charge in [0.15, 0.2) is 0 Å². The largest absolute Gasteiger partial charge is 0.316 e. The molecule has 0 saturated carbocycles. The summed E-state index contributed by atoms with van der Waals surface area (Å²) in [5.74, 6) is 1.57. The van der Waals surface area contributed by atoms with Crippen LogP contribution in [0.3, 0.4) is 0 Å². The van der Waals surface area contributed by atoms with E-state index >= 15 is 0 Å². The van der Waals surface area contributed by atoms with E-state index < -0.39 is 0 Å². The highest BCUT2D eigenvalue weighted by atomic mass is 15.2. The summed E-state index contributed by atoms with van der Waals surface area (Å²) in [4.78, 5) is 5.01. The molecule has 0 amide bonds. The van der Waals surface area contributed by atoms with Gasteiger partial charge in [-0.2, -0.15) is 0 Å². The lowest BCUT2D eigenvalue weighted by Gasteiger charge is -2.23. The molecule has 0 aromatic rings. The Morgan fingerprint density at radius 3 is 2.59 bits per heavy atom. The number of hydrogen-bond donors (Lipinski definition) is 1. The van der Waals surface area contributed by atoms with Gasteiger partial charge in [0.25, 0.3) is 0 Å². The molecular weight excluding hydrogens is 210 g/mol. The topological polar surface area (TPSA) is 18.5 Å². The molecule has 17 heavy (non-hydrogen) atoms. The Balaban J connectivity index is 2.24. The van der Waals surface area contributed by atoms with Crippen molar-refractivity contribution in [3.63, 3.8) is 0 Å². The summed E-state index contributed by atoms with van der Waals surface area (Å²) in [6, 6.07) is 0.741. The quantitative estimate of drug-likeness (QED) is 0.682. The van der Waals surface area contributed by atoms with E-state index in [9.17, 15) is 0 Å². The molecule has 0 aromatic carbocycles. The smallest absolute Gasteiger partial charge is 0.0254 e. The first-order valence-corrected chi connectivity index (χ1v) is 7.14. The van der Waals surface area contributed by atoms with Gasteiger partial charge in [-0.1, -0.05) is 20.8 Å². The minimum atomic E-state index is 0.741. The standard InChI is InChI=1S/C14H31N3/c1-6-7-15-8-12(2)9-17-10-13(3)14(11-17)16(4)5/h12-15H,6-11H2,1-5H3. The Morgan fingerprint density at radius 1 is 1.35 bits per heavy atom. The Hall–Kier alpha value is -0.120. The second kappa shape index (κ2) is 7.34. The van der Waals surface area contributed by atoms with E-state index in [-0.39, 0.29) is 0 Å². The Bertz CT molecular complexity index is 206. The van der Waals surface area contributed by atoms with E-state index in [0.29, 0.717) is 0 Å². The van der Waals surface area contributed by atoms with E-state index in [0.717, 1.165) is 31.0 Å². The first-order chi connectivity index (χ1) is 8.04. The second-order valence-corrected chi connectivity index (χ2v) is 6.04. The fourth-order valence-electron chi connectivity index (χ4n) is 2.90. The van der Waals surface area contributed by atoms with Gasteiger partial charge in [0.05, 0.1) is 0 Å². The molecule has 1 saturated heterocycles. The molecule has 1 aliphatic rings. The predicted molar refractivity (Wildman–Crippen MR) is 75.4 cm³/mol. The first-order valence-electron chi connectivity index (χ1n) is 7.14. The van der Waals surface area contributed by atoms with Crippen LogP contribution in [0.1, 0.15) is 27.2 Å². The van der Waals surface area contributed by atoms with Gasteiger partial charge in [0.2, 0.25) is 0 Å². The third-order valence-electron chi connectivity index (χ3n) is 3.80. The molecule has 1 N–H and O–H groups in total. The lowest BCUT2D eigenvalue weighted by atomic mass is 10.1. The van der Waals surface area contributed by atoms with Gasteiger partial charge >= 0.3 is 0 Å². The maximum Gasteiger partial charge on any atom is 0.0254 e. The molecule has 1 aliphatic heterocycles. The zero-order chi connectivity index (χ0) is 12.8. The van der Waals surface area contributed by atoms with E-state index in [2.05, 4.69) is 50.0 Å². The van der Waals surface area contributed by atoms with Gasteiger partial charge in [0.1, 0.15) is 0 Å². The van der Waals surface area contributed by atoms with Crippen molar-refractivity contribution >= 4 is 0 Å². The van der Waals surface area contributed by atoms with Crippen LogP contribution in [0, 0.1) is 11.8 Å². The van der Waals surface area contributed by atoms with E-state index in [1.165, 1.54) is 26.1 Å². The third-order valence-corrected chi connectivity index (χ3v) is 3.80. The molecular formula is C14H31N3. The molecule has 3 heteroatoms. The summed E-state index contributed by atoms with van der Waals surface area (Å²) in [7, 11) is 4.41. The van der Waals surface area contributed by atoms with Crippen molar-refractivity contribution in [2.45, 2.75) is 33.2 Å². The fraction of sp³-hybridized carbons (Fsp3) is 1.00.